The number of pyridine rings is 2. The second kappa shape index (κ2) is 5.24. The summed E-state index contributed by atoms with van der Waals surface area (Å²) in [5, 5.41) is 4.14. The van der Waals surface area contributed by atoms with Gasteiger partial charge in [-0.2, -0.15) is 5.10 Å². The lowest BCUT2D eigenvalue weighted by Crippen LogP contribution is -1.95. The Morgan fingerprint density at radius 3 is 2.71 bits per heavy atom. The van der Waals surface area contributed by atoms with E-state index in [0.717, 1.165) is 16.8 Å². The largest absolute Gasteiger partial charge is 0.456 e. The highest BCUT2D eigenvalue weighted by Gasteiger charge is 2.06. The highest BCUT2D eigenvalue weighted by molar-refractivity contribution is 5.58. The van der Waals surface area contributed by atoms with Gasteiger partial charge in [0.1, 0.15) is 17.3 Å². The van der Waals surface area contributed by atoms with Gasteiger partial charge in [-0.1, -0.05) is 0 Å². The summed E-state index contributed by atoms with van der Waals surface area (Å²) in [6.45, 7) is 1.89. The van der Waals surface area contributed by atoms with Crippen molar-refractivity contribution in [2.45, 2.75) is 6.92 Å². The number of hydrogen-bond acceptors (Lipinski definition) is 5. The summed E-state index contributed by atoms with van der Waals surface area (Å²) < 4.78 is 7.53. The predicted octanol–water partition coefficient (Wildman–Crippen LogP) is 2.56. The molecule has 0 radical (unpaired) electrons. The normalized spacial score (nSPS) is 10.6. The van der Waals surface area contributed by atoms with Gasteiger partial charge in [0.05, 0.1) is 18.1 Å². The molecule has 3 heterocycles. The van der Waals surface area contributed by atoms with Gasteiger partial charge in [-0.25, -0.2) is 4.98 Å². The Balaban J connectivity index is 1.87. The zero-order valence-corrected chi connectivity index (χ0v) is 11.8. The SMILES string of the molecule is Cc1cc(Oc2ccnc(-c3cnn(C)c3)c2)cnc1N. The Morgan fingerprint density at radius 2 is 2.00 bits per heavy atom. The standard InChI is InChI=1S/C15H15N5O/c1-10-5-13(8-18-15(10)16)21-12-3-4-17-14(6-12)11-7-19-20(2)9-11/h3-9H,1-2H3,(H2,16,18). The van der Waals surface area contributed by atoms with Crippen LogP contribution in [0.1, 0.15) is 5.56 Å². The minimum absolute atomic E-state index is 0.508. The fraction of sp³-hybridized carbons (Fsp3) is 0.133. The van der Waals surface area contributed by atoms with Gasteiger partial charge in [-0.3, -0.25) is 9.67 Å². The van der Waals surface area contributed by atoms with Gasteiger partial charge >= 0.3 is 0 Å². The second-order valence-corrected chi connectivity index (χ2v) is 4.75. The van der Waals surface area contributed by atoms with Crippen molar-refractivity contribution >= 4 is 5.82 Å². The third-order valence-electron chi connectivity index (χ3n) is 3.06. The first-order chi connectivity index (χ1) is 10.1. The van der Waals surface area contributed by atoms with Gasteiger partial charge in [0.25, 0.3) is 0 Å². The Morgan fingerprint density at radius 1 is 1.14 bits per heavy atom. The van der Waals surface area contributed by atoms with E-state index < -0.39 is 0 Å². The van der Waals surface area contributed by atoms with Gasteiger partial charge in [0.15, 0.2) is 0 Å². The van der Waals surface area contributed by atoms with E-state index in [-0.39, 0.29) is 0 Å². The van der Waals surface area contributed by atoms with Crippen molar-refractivity contribution in [2.24, 2.45) is 7.05 Å². The number of aromatic nitrogens is 4. The number of nitrogens with zero attached hydrogens (tertiary/aromatic N) is 4. The lowest BCUT2D eigenvalue weighted by molar-refractivity contribution is 0.479. The number of ether oxygens (including phenoxy) is 1. The van der Waals surface area contributed by atoms with E-state index in [2.05, 4.69) is 15.1 Å². The molecule has 0 saturated heterocycles. The van der Waals surface area contributed by atoms with Crippen LogP contribution in [0.5, 0.6) is 11.5 Å². The quantitative estimate of drug-likeness (QED) is 0.798. The average molecular weight is 281 g/mol. The molecule has 2 N–H and O–H groups in total. The summed E-state index contributed by atoms with van der Waals surface area (Å²) in [5.74, 6) is 1.84. The molecule has 0 bridgehead atoms. The minimum Gasteiger partial charge on any atom is -0.456 e. The zero-order chi connectivity index (χ0) is 14.8. The van der Waals surface area contributed by atoms with E-state index in [1.54, 1.807) is 29.3 Å². The molecule has 0 saturated carbocycles. The molecule has 3 aromatic rings. The first-order valence-electron chi connectivity index (χ1n) is 6.47. The maximum atomic E-state index is 5.80. The molecule has 0 aromatic carbocycles. The molecule has 0 unspecified atom stereocenters. The molecule has 0 atom stereocenters. The van der Waals surface area contributed by atoms with Crippen LogP contribution in [-0.4, -0.2) is 19.7 Å². The van der Waals surface area contributed by atoms with Crippen molar-refractivity contribution in [1.82, 2.24) is 19.7 Å². The van der Waals surface area contributed by atoms with E-state index in [1.807, 2.05) is 32.3 Å². The maximum absolute atomic E-state index is 5.80. The smallest absolute Gasteiger partial charge is 0.146 e. The van der Waals surface area contributed by atoms with Crippen LogP contribution in [-0.2, 0) is 7.05 Å². The van der Waals surface area contributed by atoms with Gasteiger partial charge in [-0.05, 0) is 24.6 Å². The first-order valence-corrected chi connectivity index (χ1v) is 6.47. The Kier molecular flexibility index (Phi) is 3.27. The number of hydrogen-bond donors (Lipinski definition) is 1. The van der Waals surface area contributed by atoms with Crippen molar-refractivity contribution < 1.29 is 4.74 Å². The lowest BCUT2D eigenvalue weighted by Gasteiger charge is -2.07. The highest BCUT2D eigenvalue weighted by Crippen LogP contribution is 2.26. The molecule has 106 valence electrons. The molecule has 0 aliphatic carbocycles. The van der Waals surface area contributed by atoms with E-state index in [4.69, 9.17) is 10.5 Å². The van der Waals surface area contributed by atoms with Gasteiger partial charge in [0.2, 0.25) is 0 Å². The third-order valence-corrected chi connectivity index (χ3v) is 3.06. The fourth-order valence-electron chi connectivity index (χ4n) is 1.94. The van der Waals surface area contributed by atoms with Crippen molar-refractivity contribution in [3.05, 3.63) is 48.5 Å². The van der Waals surface area contributed by atoms with Crippen LogP contribution in [0.15, 0.2) is 43.0 Å². The van der Waals surface area contributed by atoms with Crippen molar-refractivity contribution in [3.8, 4) is 22.8 Å². The van der Waals surface area contributed by atoms with Crippen LogP contribution in [0.4, 0.5) is 5.82 Å². The number of aryl methyl sites for hydroxylation is 2. The van der Waals surface area contributed by atoms with Crippen molar-refractivity contribution in [2.75, 3.05) is 5.73 Å². The Hall–Kier alpha value is -2.89. The molecule has 0 aliphatic heterocycles. The van der Waals surface area contributed by atoms with Crippen LogP contribution >= 0.6 is 0 Å². The van der Waals surface area contributed by atoms with Gasteiger partial charge in [-0.15, -0.1) is 0 Å². The maximum Gasteiger partial charge on any atom is 0.146 e. The number of nitrogen functional groups attached to an aromatic ring is 1. The summed E-state index contributed by atoms with van der Waals surface area (Å²) in [4.78, 5) is 8.41. The predicted molar refractivity (Wildman–Crippen MR) is 79.9 cm³/mol. The molecule has 3 rings (SSSR count). The van der Waals surface area contributed by atoms with Crippen LogP contribution in [0.25, 0.3) is 11.3 Å². The molecule has 6 heteroatoms. The van der Waals surface area contributed by atoms with Crippen LogP contribution in [0, 0.1) is 6.92 Å². The van der Waals surface area contributed by atoms with Crippen molar-refractivity contribution in [1.29, 1.82) is 0 Å². The molecule has 6 nitrogen and oxygen atoms in total. The molecule has 0 fully saturated rings. The number of anilines is 1. The van der Waals surface area contributed by atoms with E-state index in [1.165, 1.54) is 0 Å². The summed E-state index contributed by atoms with van der Waals surface area (Å²) in [7, 11) is 1.87. The monoisotopic (exact) mass is 281 g/mol. The second-order valence-electron chi connectivity index (χ2n) is 4.75. The molecular weight excluding hydrogens is 266 g/mol. The molecule has 3 aromatic heterocycles. The zero-order valence-electron chi connectivity index (χ0n) is 11.8. The summed E-state index contributed by atoms with van der Waals surface area (Å²) in [5.41, 5.74) is 8.33. The summed E-state index contributed by atoms with van der Waals surface area (Å²) in [6, 6.07) is 5.51. The highest BCUT2D eigenvalue weighted by atomic mass is 16.5. The lowest BCUT2D eigenvalue weighted by atomic mass is 10.2. The molecule has 0 spiro atoms. The number of nitrogens with two attached hydrogens (primary N) is 1. The Labute approximate surface area is 122 Å². The third kappa shape index (κ3) is 2.84. The van der Waals surface area contributed by atoms with Gasteiger partial charge < -0.3 is 10.5 Å². The topological polar surface area (TPSA) is 78.9 Å². The van der Waals surface area contributed by atoms with Crippen LogP contribution in [0.3, 0.4) is 0 Å². The molecule has 0 aliphatic rings. The minimum atomic E-state index is 0.508. The first kappa shape index (κ1) is 13.1. The van der Waals surface area contributed by atoms with E-state index in [9.17, 15) is 0 Å². The molecule has 21 heavy (non-hydrogen) atoms. The van der Waals surface area contributed by atoms with Gasteiger partial charge in [0, 0.05) is 31.1 Å². The van der Waals surface area contributed by atoms with Crippen LogP contribution in [0.2, 0.25) is 0 Å². The van der Waals surface area contributed by atoms with E-state index >= 15 is 0 Å². The fourth-order valence-corrected chi connectivity index (χ4v) is 1.94. The summed E-state index contributed by atoms with van der Waals surface area (Å²) >= 11 is 0. The molecule has 0 amide bonds. The Bertz CT molecular complexity index is 781. The summed E-state index contributed by atoms with van der Waals surface area (Å²) in [6.07, 6.45) is 6.98. The van der Waals surface area contributed by atoms with Crippen LogP contribution < -0.4 is 10.5 Å². The molecular formula is C15H15N5O. The number of rotatable bonds is 3. The van der Waals surface area contributed by atoms with Crippen molar-refractivity contribution in [3.63, 3.8) is 0 Å². The average Bonchev–Trinajstić information content (AvgIpc) is 2.90. The van der Waals surface area contributed by atoms with E-state index in [0.29, 0.717) is 17.3 Å².